The Bertz CT molecular complexity index is 1480. The van der Waals surface area contributed by atoms with Crippen LogP contribution in [0.15, 0.2) is 72.8 Å². The number of rotatable bonds is 4. The molecule has 0 unspecified atom stereocenters. The summed E-state index contributed by atoms with van der Waals surface area (Å²) < 4.78 is 0. The van der Waals surface area contributed by atoms with Crippen LogP contribution in [0.3, 0.4) is 0 Å². The van der Waals surface area contributed by atoms with E-state index in [4.69, 9.17) is 0 Å². The zero-order valence-corrected chi connectivity index (χ0v) is 20.3. The highest BCUT2D eigenvalue weighted by Gasteiger charge is 2.28. The molecule has 2 N–H and O–H groups in total. The van der Waals surface area contributed by atoms with E-state index in [0.29, 0.717) is 28.4 Å². The Balaban J connectivity index is 1.40. The van der Waals surface area contributed by atoms with E-state index >= 15 is 0 Å². The molecule has 1 aliphatic rings. The number of H-pyrrole nitrogens is 1. The number of nitrogens with zero attached hydrogens (tertiary/aromatic N) is 3. The number of hydrogen-bond donors (Lipinski definition) is 2. The lowest BCUT2D eigenvalue weighted by atomic mass is 10.1. The number of carbonyl (C=O) groups excluding carboxylic acids is 2. The van der Waals surface area contributed by atoms with Crippen molar-refractivity contribution in [3.8, 4) is 11.8 Å². The van der Waals surface area contributed by atoms with Crippen LogP contribution >= 0.6 is 0 Å². The Morgan fingerprint density at radius 3 is 2.58 bits per heavy atom. The van der Waals surface area contributed by atoms with Crippen molar-refractivity contribution in [2.45, 2.75) is 12.5 Å². The first-order chi connectivity index (χ1) is 17.5. The minimum Gasteiger partial charge on any atom is -0.337 e. The lowest BCUT2D eigenvalue weighted by Gasteiger charge is -2.20. The van der Waals surface area contributed by atoms with Crippen LogP contribution in [0.25, 0.3) is 10.9 Å². The first-order valence-corrected chi connectivity index (χ1v) is 11.9. The standard InChI is InChI=1S/C29H27N5O2/c1-33(2)23-16-17-34(19-23)29(36)21-13-15-27-25(18-21)26(31-32-27)14-12-20-8-6-7-11-24(20)28(35)30-22-9-4-3-5-10-22/h3-11,13,15,18,23H,16-17,19H2,1-2H3,(H,30,35)(H,31,32)/t23-/m0/s1. The summed E-state index contributed by atoms with van der Waals surface area (Å²) in [4.78, 5) is 30.1. The van der Waals surface area contributed by atoms with Gasteiger partial charge in [0.15, 0.2) is 0 Å². The van der Waals surface area contributed by atoms with Crippen LogP contribution in [-0.2, 0) is 0 Å². The molecular formula is C29H27N5O2. The molecule has 1 aromatic heterocycles. The minimum atomic E-state index is -0.227. The number of anilines is 1. The summed E-state index contributed by atoms with van der Waals surface area (Å²) in [6, 6.07) is 22.4. The zero-order valence-electron chi connectivity index (χ0n) is 20.3. The van der Waals surface area contributed by atoms with Crippen molar-refractivity contribution < 1.29 is 9.59 Å². The van der Waals surface area contributed by atoms with E-state index in [9.17, 15) is 9.59 Å². The molecule has 5 rings (SSSR count). The predicted molar refractivity (Wildman–Crippen MR) is 141 cm³/mol. The fourth-order valence-corrected chi connectivity index (χ4v) is 4.41. The van der Waals surface area contributed by atoms with Crippen LogP contribution in [-0.4, -0.2) is 65.0 Å². The maximum absolute atomic E-state index is 13.1. The maximum atomic E-state index is 13.1. The average molecular weight is 478 g/mol. The number of hydrogen-bond acceptors (Lipinski definition) is 4. The molecule has 7 nitrogen and oxygen atoms in total. The number of nitrogens with one attached hydrogen (secondary N) is 2. The summed E-state index contributed by atoms with van der Waals surface area (Å²) in [5.74, 6) is 6.03. The van der Waals surface area contributed by atoms with Crippen LogP contribution < -0.4 is 5.32 Å². The normalized spacial score (nSPS) is 15.1. The molecule has 1 atom stereocenters. The number of amides is 2. The summed E-state index contributed by atoms with van der Waals surface area (Å²) in [6.07, 6.45) is 0.973. The van der Waals surface area contributed by atoms with Gasteiger partial charge in [0.2, 0.25) is 0 Å². The van der Waals surface area contributed by atoms with Crippen molar-refractivity contribution in [3.63, 3.8) is 0 Å². The number of aromatic amines is 1. The smallest absolute Gasteiger partial charge is 0.256 e. The second kappa shape index (κ2) is 10.1. The molecule has 4 aromatic rings. The van der Waals surface area contributed by atoms with Crippen LogP contribution in [0, 0.1) is 11.8 Å². The summed E-state index contributed by atoms with van der Waals surface area (Å²) in [7, 11) is 4.09. The Kier molecular flexibility index (Phi) is 6.52. The van der Waals surface area contributed by atoms with Gasteiger partial charge in [0.05, 0.1) is 11.1 Å². The Hall–Kier alpha value is -4.41. The number of para-hydroxylation sites is 1. The molecule has 2 amide bonds. The van der Waals surface area contributed by atoms with Crippen molar-refractivity contribution >= 4 is 28.4 Å². The van der Waals surface area contributed by atoms with E-state index in [1.807, 2.05) is 85.7 Å². The number of benzene rings is 3. The van der Waals surface area contributed by atoms with Gasteiger partial charge in [-0.25, -0.2) is 0 Å². The van der Waals surface area contributed by atoms with Crippen LogP contribution in [0.5, 0.6) is 0 Å². The molecule has 3 aromatic carbocycles. The Morgan fingerprint density at radius 2 is 1.81 bits per heavy atom. The number of carbonyl (C=O) groups is 2. The highest BCUT2D eigenvalue weighted by atomic mass is 16.2. The van der Waals surface area contributed by atoms with Crippen LogP contribution in [0.1, 0.15) is 38.4 Å². The molecule has 0 radical (unpaired) electrons. The third kappa shape index (κ3) is 4.85. The molecule has 2 heterocycles. The second-order valence-electron chi connectivity index (χ2n) is 9.10. The van der Waals surface area contributed by atoms with Gasteiger partial charge in [-0.3, -0.25) is 14.7 Å². The van der Waals surface area contributed by atoms with E-state index in [2.05, 4.69) is 32.3 Å². The van der Waals surface area contributed by atoms with Gasteiger partial charge in [-0.15, -0.1) is 0 Å². The van der Waals surface area contributed by atoms with Crippen molar-refractivity contribution in [1.29, 1.82) is 0 Å². The fraction of sp³-hybridized carbons (Fsp3) is 0.207. The third-order valence-electron chi connectivity index (χ3n) is 6.51. The van der Waals surface area contributed by atoms with Crippen LogP contribution in [0.2, 0.25) is 0 Å². The monoisotopic (exact) mass is 477 g/mol. The van der Waals surface area contributed by atoms with Gasteiger partial charge in [0, 0.05) is 41.3 Å². The van der Waals surface area contributed by atoms with E-state index in [0.717, 1.165) is 36.1 Å². The molecular weight excluding hydrogens is 450 g/mol. The van der Waals surface area contributed by atoms with Gasteiger partial charge in [0.25, 0.3) is 11.8 Å². The summed E-state index contributed by atoms with van der Waals surface area (Å²) in [6.45, 7) is 1.48. The fourth-order valence-electron chi connectivity index (χ4n) is 4.41. The summed E-state index contributed by atoms with van der Waals surface area (Å²) in [5.41, 5.74) is 3.76. The predicted octanol–water partition coefficient (Wildman–Crippen LogP) is 3.99. The van der Waals surface area contributed by atoms with Crippen molar-refractivity contribution in [2.75, 3.05) is 32.5 Å². The first-order valence-electron chi connectivity index (χ1n) is 11.9. The molecule has 7 heteroatoms. The molecule has 180 valence electrons. The lowest BCUT2D eigenvalue weighted by molar-refractivity contribution is 0.0783. The number of fused-ring (bicyclic) bond motifs is 1. The third-order valence-corrected chi connectivity index (χ3v) is 6.51. The summed E-state index contributed by atoms with van der Waals surface area (Å²) in [5, 5.41) is 11.0. The van der Waals surface area contributed by atoms with Gasteiger partial charge in [-0.05, 0) is 68.9 Å². The van der Waals surface area contributed by atoms with Gasteiger partial charge < -0.3 is 15.1 Å². The highest BCUT2D eigenvalue weighted by Crippen LogP contribution is 2.21. The van der Waals surface area contributed by atoms with E-state index < -0.39 is 0 Å². The lowest BCUT2D eigenvalue weighted by Crippen LogP contribution is -2.34. The van der Waals surface area contributed by atoms with Gasteiger partial charge in [-0.1, -0.05) is 36.3 Å². The summed E-state index contributed by atoms with van der Waals surface area (Å²) >= 11 is 0. The van der Waals surface area contributed by atoms with Crippen molar-refractivity contribution in [2.24, 2.45) is 0 Å². The van der Waals surface area contributed by atoms with Gasteiger partial charge in [-0.2, -0.15) is 5.10 Å². The van der Waals surface area contributed by atoms with Gasteiger partial charge >= 0.3 is 0 Å². The molecule has 1 fully saturated rings. The zero-order chi connectivity index (χ0) is 25.1. The quantitative estimate of drug-likeness (QED) is 0.436. The van der Waals surface area contributed by atoms with E-state index in [-0.39, 0.29) is 11.8 Å². The molecule has 0 saturated carbocycles. The highest BCUT2D eigenvalue weighted by molar-refractivity contribution is 6.06. The average Bonchev–Trinajstić information content (AvgIpc) is 3.55. The second-order valence-corrected chi connectivity index (χ2v) is 9.10. The molecule has 1 aliphatic heterocycles. The number of aromatic nitrogens is 2. The Morgan fingerprint density at radius 1 is 1.03 bits per heavy atom. The van der Waals surface area contributed by atoms with Crippen LogP contribution in [0.4, 0.5) is 5.69 Å². The SMILES string of the molecule is CN(C)[C@H]1CCN(C(=O)c2ccc3n[nH]c(C#Cc4ccccc4C(=O)Nc4ccccc4)c3c2)C1. The molecule has 0 spiro atoms. The maximum Gasteiger partial charge on any atom is 0.256 e. The van der Waals surface area contributed by atoms with Gasteiger partial charge in [0.1, 0.15) is 5.69 Å². The topological polar surface area (TPSA) is 81.3 Å². The number of likely N-dealkylation sites (tertiary alicyclic amines) is 1. The molecule has 0 bridgehead atoms. The van der Waals surface area contributed by atoms with E-state index in [1.54, 1.807) is 6.07 Å². The first kappa shape index (κ1) is 23.3. The molecule has 0 aliphatic carbocycles. The largest absolute Gasteiger partial charge is 0.337 e. The van der Waals surface area contributed by atoms with Crippen molar-refractivity contribution in [1.82, 2.24) is 20.0 Å². The van der Waals surface area contributed by atoms with Crippen molar-refractivity contribution in [3.05, 3.63) is 95.2 Å². The number of likely N-dealkylation sites (N-methyl/N-ethyl adjacent to an activating group) is 1. The minimum absolute atomic E-state index is 0.0179. The van der Waals surface area contributed by atoms with E-state index in [1.165, 1.54) is 0 Å². The Labute approximate surface area is 210 Å². The molecule has 1 saturated heterocycles. The molecule has 36 heavy (non-hydrogen) atoms.